The fraction of sp³-hybridized carbons (Fsp3) is 0.312. The fourth-order valence-electron chi connectivity index (χ4n) is 2.42. The van der Waals surface area contributed by atoms with Gasteiger partial charge in [-0.05, 0) is 24.6 Å². The average Bonchev–Trinajstić information content (AvgIpc) is 2.85. The van der Waals surface area contributed by atoms with Gasteiger partial charge in [-0.25, -0.2) is 0 Å². The van der Waals surface area contributed by atoms with E-state index in [1.54, 1.807) is 13.0 Å². The molecule has 1 aromatic carbocycles. The molecule has 2 rings (SSSR count). The monoisotopic (exact) mass is 392 g/mol. The molecule has 2 aromatic rings. The molecular weight excluding hydrogens is 380 g/mol. The number of aromatic nitrogens is 1. The minimum absolute atomic E-state index is 0.0585. The molecule has 0 spiro atoms. The van der Waals surface area contributed by atoms with E-state index < -0.39 is 23.3 Å². The van der Waals surface area contributed by atoms with E-state index in [1.165, 1.54) is 31.4 Å². The van der Waals surface area contributed by atoms with Gasteiger partial charge in [0.05, 0.1) is 16.3 Å². The molecule has 0 amide bonds. The normalized spacial score (nSPS) is 12.9. The van der Waals surface area contributed by atoms with Crippen LogP contribution >= 0.6 is 23.2 Å². The highest BCUT2D eigenvalue weighted by atomic mass is 35.5. The molecule has 1 atom stereocenters. The van der Waals surface area contributed by atoms with Crippen LogP contribution in [0.3, 0.4) is 0 Å². The van der Waals surface area contributed by atoms with Gasteiger partial charge in [0.2, 0.25) is 6.41 Å². The van der Waals surface area contributed by atoms with Crippen LogP contribution in [-0.4, -0.2) is 18.3 Å². The lowest BCUT2D eigenvalue weighted by Gasteiger charge is -2.23. The van der Waals surface area contributed by atoms with Crippen molar-refractivity contribution < 1.29 is 22.6 Å². The maximum Gasteiger partial charge on any atom is 0.433 e. The number of hydrogen-bond acceptors (Lipinski definition) is 3. The van der Waals surface area contributed by atoms with E-state index in [1.807, 2.05) is 0 Å². The number of ether oxygens (including phenoxy) is 2. The van der Waals surface area contributed by atoms with E-state index in [0.717, 1.165) is 4.57 Å². The molecule has 0 aliphatic rings. The molecule has 1 aromatic heterocycles. The highest BCUT2D eigenvalue weighted by Gasteiger charge is 2.43. The first-order valence-corrected chi connectivity index (χ1v) is 7.83. The predicted octanol–water partition coefficient (Wildman–Crippen LogP) is 5.49. The van der Waals surface area contributed by atoms with E-state index in [2.05, 4.69) is 0 Å². The lowest BCUT2D eigenvalue weighted by molar-refractivity contribution is -0.191. The molecule has 1 unspecified atom stereocenters. The molecule has 134 valence electrons. The van der Waals surface area contributed by atoms with Crippen molar-refractivity contribution in [3.05, 3.63) is 45.6 Å². The third kappa shape index (κ3) is 3.77. The molecule has 0 saturated heterocycles. The maximum atomic E-state index is 13.6. The van der Waals surface area contributed by atoms with E-state index in [4.69, 9.17) is 32.7 Å². The van der Waals surface area contributed by atoms with Crippen LogP contribution in [0.15, 0.2) is 24.3 Å². The van der Waals surface area contributed by atoms with Gasteiger partial charge in [0.1, 0.15) is 11.8 Å². The summed E-state index contributed by atoms with van der Waals surface area (Å²) in [5.74, 6) is 0. The Morgan fingerprint density at radius 1 is 1.24 bits per heavy atom. The minimum atomic E-state index is -4.82. The summed E-state index contributed by atoms with van der Waals surface area (Å²) < 4.78 is 51.9. The minimum Gasteiger partial charge on any atom is -0.338 e. The highest BCUT2D eigenvalue weighted by molar-refractivity contribution is 6.33. The maximum absolute atomic E-state index is 13.6. The van der Waals surface area contributed by atoms with Gasteiger partial charge in [0.15, 0.2) is 0 Å². The predicted molar refractivity (Wildman–Crippen MR) is 87.3 cm³/mol. The van der Waals surface area contributed by atoms with Crippen molar-refractivity contribution in [2.24, 2.45) is 0 Å². The first-order valence-electron chi connectivity index (χ1n) is 7.07. The Bertz CT molecular complexity index is 796. The highest BCUT2D eigenvalue weighted by Crippen LogP contribution is 2.45. The molecule has 0 fully saturated rings. The van der Waals surface area contributed by atoms with Crippen LogP contribution < -0.4 is 0 Å². The molecule has 0 radical (unpaired) electrons. The Balaban J connectivity index is 2.89. The first kappa shape index (κ1) is 19.6. The molecule has 9 heteroatoms. The molecule has 0 N–H and O–H groups in total. The van der Waals surface area contributed by atoms with Crippen LogP contribution in [-0.2, 0) is 15.7 Å². The number of nitrogens with zero attached hydrogens (tertiary/aromatic N) is 2. The van der Waals surface area contributed by atoms with Gasteiger partial charge in [0.25, 0.3) is 0 Å². The topological polar surface area (TPSA) is 47.2 Å². The van der Waals surface area contributed by atoms with E-state index in [9.17, 15) is 18.4 Å². The molecular formula is C16H13Cl2F3N2O2. The molecule has 25 heavy (non-hydrogen) atoms. The van der Waals surface area contributed by atoms with Crippen LogP contribution in [0, 0.1) is 11.3 Å². The van der Waals surface area contributed by atoms with Crippen molar-refractivity contribution in [2.75, 3.05) is 13.7 Å². The van der Waals surface area contributed by atoms with Crippen LogP contribution in [0.4, 0.5) is 13.2 Å². The van der Waals surface area contributed by atoms with Crippen LogP contribution in [0.2, 0.25) is 10.0 Å². The van der Waals surface area contributed by atoms with Crippen LogP contribution in [0.5, 0.6) is 0 Å². The Labute approximate surface area is 152 Å². The average molecular weight is 393 g/mol. The van der Waals surface area contributed by atoms with E-state index >= 15 is 0 Å². The summed E-state index contributed by atoms with van der Waals surface area (Å²) in [5, 5.41) is 9.07. The zero-order valence-electron chi connectivity index (χ0n) is 13.2. The van der Waals surface area contributed by atoms with Crippen molar-refractivity contribution in [3.63, 3.8) is 0 Å². The smallest absolute Gasteiger partial charge is 0.338 e. The zero-order chi connectivity index (χ0) is 18.8. The summed E-state index contributed by atoms with van der Waals surface area (Å²) in [6.07, 6.45) is -6.23. The number of halogens is 5. The molecule has 0 bridgehead atoms. The lowest BCUT2D eigenvalue weighted by Crippen LogP contribution is -2.23. The third-order valence-electron chi connectivity index (χ3n) is 3.37. The van der Waals surface area contributed by atoms with Gasteiger partial charge in [-0.1, -0.05) is 35.3 Å². The summed E-state index contributed by atoms with van der Waals surface area (Å²) in [6.45, 7) is 1.70. The van der Waals surface area contributed by atoms with Gasteiger partial charge in [-0.2, -0.15) is 18.4 Å². The largest absolute Gasteiger partial charge is 0.433 e. The molecule has 0 aliphatic carbocycles. The number of methoxy groups -OCH3 is 1. The molecule has 4 nitrogen and oxygen atoms in total. The Kier molecular flexibility index (Phi) is 6.01. The second kappa shape index (κ2) is 7.67. The number of benzene rings is 1. The van der Waals surface area contributed by atoms with Gasteiger partial charge < -0.3 is 9.47 Å². The summed E-state index contributed by atoms with van der Waals surface area (Å²) in [7, 11) is 1.20. The van der Waals surface area contributed by atoms with Gasteiger partial charge >= 0.3 is 6.18 Å². The summed E-state index contributed by atoms with van der Waals surface area (Å²) in [6, 6.07) is 7.71. The van der Waals surface area contributed by atoms with Crippen LogP contribution in [0.25, 0.3) is 11.3 Å². The van der Waals surface area contributed by atoms with E-state index in [-0.39, 0.29) is 17.9 Å². The lowest BCUT2D eigenvalue weighted by atomic mass is 10.1. The quantitative estimate of drug-likeness (QED) is 0.631. The summed E-state index contributed by atoms with van der Waals surface area (Å²) in [4.78, 5) is 0. The second-order valence-electron chi connectivity index (χ2n) is 4.87. The standard InChI is InChI=1S/C16H13Cl2F3N2O2/c1-3-25-15(24-2)23-13(9-4-6-10(17)7-5-9)11(8-22)12(18)14(23)16(19,20)21/h4-7,15H,3H2,1-2H3. The van der Waals surface area contributed by atoms with Crippen molar-refractivity contribution in [1.82, 2.24) is 4.57 Å². The fourth-order valence-corrected chi connectivity index (χ4v) is 2.87. The van der Waals surface area contributed by atoms with Gasteiger partial charge in [-0.3, -0.25) is 4.57 Å². The molecule has 0 saturated carbocycles. The van der Waals surface area contributed by atoms with Crippen molar-refractivity contribution in [1.29, 1.82) is 5.26 Å². The van der Waals surface area contributed by atoms with Gasteiger partial charge in [0, 0.05) is 18.7 Å². The SMILES string of the molecule is CCOC(OC)n1c(-c2ccc(Cl)cc2)c(C#N)c(Cl)c1C(F)(F)F. The Hall–Kier alpha value is -1.72. The van der Waals surface area contributed by atoms with E-state index in [0.29, 0.717) is 10.6 Å². The first-order chi connectivity index (χ1) is 11.8. The number of rotatable bonds is 5. The number of nitriles is 1. The Morgan fingerprint density at radius 3 is 2.28 bits per heavy atom. The van der Waals surface area contributed by atoms with Crippen molar-refractivity contribution >= 4 is 23.2 Å². The third-order valence-corrected chi connectivity index (χ3v) is 3.99. The van der Waals surface area contributed by atoms with Crippen molar-refractivity contribution in [3.8, 4) is 17.3 Å². The zero-order valence-corrected chi connectivity index (χ0v) is 14.7. The molecule has 1 heterocycles. The Morgan fingerprint density at radius 2 is 1.84 bits per heavy atom. The molecule has 0 aliphatic heterocycles. The number of hydrogen-bond donors (Lipinski definition) is 0. The van der Waals surface area contributed by atoms with Gasteiger partial charge in [-0.15, -0.1) is 0 Å². The second-order valence-corrected chi connectivity index (χ2v) is 5.69. The van der Waals surface area contributed by atoms with Crippen molar-refractivity contribution in [2.45, 2.75) is 19.5 Å². The summed E-state index contributed by atoms with van der Waals surface area (Å²) >= 11 is 11.7. The number of alkyl halides is 3. The summed E-state index contributed by atoms with van der Waals surface area (Å²) in [5.41, 5.74) is -1.27. The van der Waals surface area contributed by atoms with Crippen LogP contribution in [0.1, 0.15) is 24.6 Å².